The molecule has 2 N–H and O–H groups in total. The number of halogens is 1. The Hall–Kier alpha value is -2.34. The second-order valence-corrected chi connectivity index (χ2v) is 5.30. The summed E-state index contributed by atoms with van der Waals surface area (Å²) in [6, 6.07) is 8.34. The van der Waals surface area contributed by atoms with Crippen LogP contribution in [0.25, 0.3) is 17.0 Å². The first-order chi connectivity index (χ1) is 9.99. The van der Waals surface area contributed by atoms with Gasteiger partial charge in [0.15, 0.2) is 11.5 Å². The lowest BCUT2D eigenvalue weighted by molar-refractivity contribution is 0.630. The summed E-state index contributed by atoms with van der Waals surface area (Å²) in [6.07, 6.45) is 0. The van der Waals surface area contributed by atoms with E-state index in [1.807, 2.05) is 19.9 Å². The fraction of sp³-hybridized carbons (Fsp3) is 0.133. The summed E-state index contributed by atoms with van der Waals surface area (Å²) >= 11 is 5.09. The van der Waals surface area contributed by atoms with Gasteiger partial charge in [0.1, 0.15) is 10.8 Å². The fourth-order valence-corrected chi connectivity index (χ4v) is 2.66. The topological polar surface area (TPSA) is 56.2 Å². The summed E-state index contributed by atoms with van der Waals surface area (Å²) in [7, 11) is 0. The number of aromatic nitrogens is 3. The van der Waals surface area contributed by atoms with E-state index < -0.39 is 0 Å². The van der Waals surface area contributed by atoms with Crippen molar-refractivity contribution in [1.29, 1.82) is 0 Å². The van der Waals surface area contributed by atoms with E-state index in [9.17, 15) is 4.39 Å². The van der Waals surface area contributed by atoms with Gasteiger partial charge >= 0.3 is 0 Å². The molecule has 6 heteroatoms. The third kappa shape index (κ3) is 2.17. The number of nitrogens with two attached hydrogens (primary N) is 1. The SMILES string of the molecule is Cc1cc(C)n2nc(-c3ccccc3F)nc2c1C(N)=S. The van der Waals surface area contributed by atoms with E-state index in [1.165, 1.54) is 6.07 Å². The van der Waals surface area contributed by atoms with E-state index in [1.54, 1.807) is 22.7 Å². The summed E-state index contributed by atoms with van der Waals surface area (Å²) in [5, 5.41) is 4.38. The minimum absolute atomic E-state index is 0.255. The van der Waals surface area contributed by atoms with Gasteiger partial charge in [-0.3, -0.25) is 0 Å². The molecule has 0 saturated carbocycles. The molecule has 4 nitrogen and oxygen atoms in total. The van der Waals surface area contributed by atoms with Gasteiger partial charge in [-0.25, -0.2) is 13.9 Å². The molecule has 2 heterocycles. The standard InChI is InChI=1S/C15H13FN4S/c1-8-7-9(2)20-15(12(8)13(17)21)18-14(19-20)10-5-3-4-6-11(10)16/h3-7H,1-2H3,(H2,17,21). The predicted molar refractivity (Wildman–Crippen MR) is 83.7 cm³/mol. The number of pyridine rings is 1. The van der Waals surface area contributed by atoms with Gasteiger partial charge < -0.3 is 5.73 Å². The lowest BCUT2D eigenvalue weighted by Gasteiger charge is -2.07. The number of fused-ring (bicyclic) bond motifs is 1. The van der Waals surface area contributed by atoms with E-state index in [4.69, 9.17) is 18.0 Å². The van der Waals surface area contributed by atoms with Crippen LogP contribution in [0.4, 0.5) is 4.39 Å². The lowest BCUT2D eigenvalue weighted by Crippen LogP contribution is -2.14. The molecular formula is C15H13FN4S. The maximum Gasteiger partial charge on any atom is 0.185 e. The van der Waals surface area contributed by atoms with Gasteiger partial charge in [0.25, 0.3) is 0 Å². The summed E-state index contributed by atoms with van der Waals surface area (Å²) in [4.78, 5) is 4.69. The number of thiocarbonyl (C=S) groups is 1. The van der Waals surface area contributed by atoms with Crippen molar-refractivity contribution >= 4 is 22.9 Å². The van der Waals surface area contributed by atoms with Crippen molar-refractivity contribution in [1.82, 2.24) is 14.6 Å². The average molecular weight is 300 g/mol. The van der Waals surface area contributed by atoms with Gasteiger partial charge in [0, 0.05) is 5.69 Å². The molecule has 1 aromatic carbocycles. The predicted octanol–water partition coefficient (Wildman–Crippen LogP) is 2.79. The van der Waals surface area contributed by atoms with E-state index >= 15 is 0 Å². The van der Waals surface area contributed by atoms with E-state index in [0.717, 1.165) is 11.3 Å². The smallest absolute Gasteiger partial charge is 0.185 e. The van der Waals surface area contributed by atoms with Crippen LogP contribution in [0.2, 0.25) is 0 Å². The summed E-state index contributed by atoms with van der Waals surface area (Å²) in [6.45, 7) is 3.82. The number of aryl methyl sites for hydroxylation is 2. The van der Waals surface area contributed by atoms with Gasteiger partial charge in [0.2, 0.25) is 0 Å². The van der Waals surface area contributed by atoms with Crippen LogP contribution in [0.5, 0.6) is 0 Å². The van der Waals surface area contributed by atoms with Crippen molar-refractivity contribution in [3.8, 4) is 11.4 Å². The Bertz CT molecular complexity index is 869. The molecule has 3 rings (SSSR count). The van der Waals surface area contributed by atoms with Gasteiger partial charge in [-0.1, -0.05) is 24.4 Å². The Labute approximate surface area is 126 Å². The monoisotopic (exact) mass is 300 g/mol. The highest BCUT2D eigenvalue weighted by atomic mass is 32.1. The molecule has 106 valence electrons. The average Bonchev–Trinajstić information content (AvgIpc) is 2.83. The van der Waals surface area contributed by atoms with Crippen molar-refractivity contribution in [3.05, 3.63) is 53.0 Å². The molecule has 0 bridgehead atoms. The largest absolute Gasteiger partial charge is 0.389 e. The zero-order valence-corrected chi connectivity index (χ0v) is 12.4. The molecule has 0 aliphatic heterocycles. The summed E-state index contributed by atoms with van der Waals surface area (Å²) < 4.78 is 15.5. The quantitative estimate of drug-likeness (QED) is 0.739. The zero-order chi connectivity index (χ0) is 15.1. The van der Waals surface area contributed by atoms with E-state index in [2.05, 4.69) is 10.1 Å². The molecular weight excluding hydrogens is 287 g/mol. The second-order valence-electron chi connectivity index (χ2n) is 4.86. The first-order valence-corrected chi connectivity index (χ1v) is 6.81. The van der Waals surface area contributed by atoms with Crippen LogP contribution < -0.4 is 5.73 Å². The summed E-state index contributed by atoms with van der Waals surface area (Å²) in [5.74, 6) is -0.0426. The Morgan fingerprint density at radius 3 is 2.67 bits per heavy atom. The molecule has 0 spiro atoms. The Balaban J connectivity index is 2.35. The Kier molecular flexibility index (Phi) is 3.17. The van der Waals surface area contributed by atoms with Crippen LogP contribution in [0, 0.1) is 19.7 Å². The highest BCUT2D eigenvalue weighted by molar-refractivity contribution is 7.80. The van der Waals surface area contributed by atoms with Crippen molar-refractivity contribution in [2.45, 2.75) is 13.8 Å². The molecule has 0 fully saturated rings. The van der Waals surface area contributed by atoms with Crippen LogP contribution in [0.1, 0.15) is 16.8 Å². The highest BCUT2D eigenvalue weighted by Crippen LogP contribution is 2.23. The van der Waals surface area contributed by atoms with E-state index in [0.29, 0.717) is 22.6 Å². The molecule has 0 radical (unpaired) electrons. The van der Waals surface area contributed by atoms with Crippen molar-refractivity contribution < 1.29 is 4.39 Å². The number of benzene rings is 1. The summed E-state index contributed by atoms with van der Waals surface area (Å²) in [5.41, 5.74) is 9.18. The third-order valence-electron chi connectivity index (χ3n) is 3.35. The minimum Gasteiger partial charge on any atom is -0.389 e. The maximum absolute atomic E-state index is 13.9. The second kappa shape index (κ2) is 4.89. The normalized spacial score (nSPS) is 11.0. The zero-order valence-electron chi connectivity index (χ0n) is 11.6. The Morgan fingerprint density at radius 2 is 2.00 bits per heavy atom. The van der Waals surface area contributed by atoms with E-state index in [-0.39, 0.29) is 10.8 Å². The Morgan fingerprint density at radius 1 is 1.29 bits per heavy atom. The minimum atomic E-state index is -0.361. The van der Waals surface area contributed by atoms with Crippen LogP contribution in [0.3, 0.4) is 0 Å². The first kappa shape index (κ1) is 13.6. The molecule has 0 aliphatic carbocycles. The number of hydrogen-bond acceptors (Lipinski definition) is 3. The van der Waals surface area contributed by atoms with Gasteiger partial charge in [0.05, 0.1) is 11.1 Å². The fourth-order valence-electron chi connectivity index (χ4n) is 2.40. The van der Waals surface area contributed by atoms with Crippen LogP contribution in [-0.4, -0.2) is 19.6 Å². The maximum atomic E-state index is 13.9. The molecule has 0 saturated heterocycles. The molecule has 0 atom stereocenters. The molecule has 0 aliphatic rings. The highest BCUT2D eigenvalue weighted by Gasteiger charge is 2.17. The first-order valence-electron chi connectivity index (χ1n) is 6.40. The molecule has 21 heavy (non-hydrogen) atoms. The molecule has 0 unspecified atom stereocenters. The van der Waals surface area contributed by atoms with Crippen LogP contribution in [0.15, 0.2) is 30.3 Å². The molecule has 2 aromatic heterocycles. The van der Waals surface area contributed by atoms with Crippen molar-refractivity contribution in [3.63, 3.8) is 0 Å². The number of nitrogens with zero attached hydrogens (tertiary/aromatic N) is 3. The number of hydrogen-bond donors (Lipinski definition) is 1. The van der Waals surface area contributed by atoms with Crippen LogP contribution in [-0.2, 0) is 0 Å². The molecule has 3 aromatic rings. The van der Waals surface area contributed by atoms with Gasteiger partial charge in [-0.05, 0) is 37.6 Å². The third-order valence-corrected chi connectivity index (χ3v) is 3.55. The van der Waals surface area contributed by atoms with Crippen molar-refractivity contribution in [2.24, 2.45) is 5.73 Å². The van der Waals surface area contributed by atoms with Gasteiger partial charge in [-0.2, -0.15) is 0 Å². The lowest BCUT2D eigenvalue weighted by atomic mass is 10.1. The molecule has 0 amide bonds. The number of rotatable bonds is 2. The van der Waals surface area contributed by atoms with Gasteiger partial charge in [-0.15, -0.1) is 5.10 Å². The van der Waals surface area contributed by atoms with Crippen molar-refractivity contribution in [2.75, 3.05) is 0 Å². The van der Waals surface area contributed by atoms with Crippen LogP contribution >= 0.6 is 12.2 Å².